The number of nitrogens with one attached hydrogen (secondary N) is 2. The van der Waals surface area contributed by atoms with Crippen molar-refractivity contribution in [3.8, 4) is 0 Å². The molecule has 0 bridgehead atoms. The van der Waals surface area contributed by atoms with E-state index >= 15 is 0 Å². The van der Waals surface area contributed by atoms with Crippen LogP contribution in [0.3, 0.4) is 0 Å². The van der Waals surface area contributed by atoms with Crippen molar-refractivity contribution in [3.05, 3.63) is 35.4 Å². The Morgan fingerprint density at radius 1 is 1.28 bits per heavy atom. The number of hydrogen-bond donors (Lipinski definition) is 2. The van der Waals surface area contributed by atoms with Crippen LogP contribution in [0, 0.1) is 6.92 Å². The van der Waals surface area contributed by atoms with Gasteiger partial charge in [-0.15, -0.1) is 11.6 Å². The lowest BCUT2D eigenvalue weighted by atomic mass is 10.1. The molecule has 1 unspecified atom stereocenters. The number of hydrogen-bond acceptors (Lipinski definition) is 2. The molecular formula is C13H17ClN2O2. The summed E-state index contributed by atoms with van der Waals surface area (Å²) in [6.45, 7) is 3.86. The quantitative estimate of drug-likeness (QED) is 0.825. The van der Waals surface area contributed by atoms with Gasteiger partial charge in [0.15, 0.2) is 0 Å². The fourth-order valence-electron chi connectivity index (χ4n) is 1.45. The van der Waals surface area contributed by atoms with Gasteiger partial charge in [0.2, 0.25) is 5.91 Å². The van der Waals surface area contributed by atoms with Gasteiger partial charge >= 0.3 is 6.03 Å². The van der Waals surface area contributed by atoms with Gasteiger partial charge in [-0.05, 0) is 19.4 Å². The summed E-state index contributed by atoms with van der Waals surface area (Å²) >= 11 is 5.40. The molecule has 1 aromatic carbocycles. The maximum Gasteiger partial charge on any atom is 0.321 e. The van der Waals surface area contributed by atoms with Crippen LogP contribution in [-0.2, 0) is 4.79 Å². The Kier molecular flexibility index (Phi) is 5.65. The maximum absolute atomic E-state index is 11.5. The van der Waals surface area contributed by atoms with Crippen molar-refractivity contribution >= 4 is 23.5 Å². The fraction of sp³-hybridized carbons (Fsp3) is 0.385. The van der Waals surface area contributed by atoms with Crippen LogP contribution < -0.4 is 10.6 Å². The minimum Gasteiger partial charge on any atom is -0.331 e. The number of rotatable bonds is 4. The van der Waals surface area contributed by atoms with Crippen molar-refractivity contribution in [2.24, 2.45) is 0 Å². The van der Waals surface area contributed by atoms with E-state index in [0.29, 0.717) is 0 Å². The average Bonchev–Trinajstić information content (AvgIpc) is 2.29. The minimum atomic E-state index is -0.502. The highest BCUT2D eigenvalue weighted by Crippen LogP contribution is 2.12. The first kappa shape index (κ1) is 14.5. The topological polar surface area (TPSA) is 58.2 Å². The van der Waals surface area contributed by atoms with E-state index in [2.05, 4.69) is 10.6 Å². The van der Waals surface area contributed by atoms with Crippen LogP contribution >= 0.6 is 11.6 Å². The summed E-state index contributed by atoms with van der Waals surface area (Å²) in [5.74, 6) is -0.175. The maximum atomic E-state index is 11.5. The summed E-state index contributed by atoms with van der Waals surface area (Å²) in [4.78, 5) is 22.7. The van der Waals surface area contributed by atoms with Crippen LogP contribution in [-0.4, -0.2) is 17.8 Å². The van der Waals surface area contributed by atoms with Crippen LogP contribution in [0.1, 0.15) is 30.5 Å². The number of carbonyl (C=O) groups excluding carboxylic acids is 2. The van der Waals surface area contributed by atoms with Gasteiger partial charge in [-0.2, -0.15) is 0 Å². The number of imide groups is 1. The average molecular weight is 269 g/mol. The molecule has 1 aromatic rings. The summed E-state index contributed by atoms with van der Waals surface area (Å²) in [6, 6.07) is 7.18. The first-order chi connectivity index (χ1) is 8.52. The molecule has 1 rings (SSSR count). The van der Waals surface area contributed by atoms with Gasteiger partial charge in [-0.3, -0.25) is 10.1 Å². The number of benzene rings is 1. The van der Waals surface area contributed by atoms with Crippen molar-refractivity contribution in [2.75, 3.05) is 5.88 Å². The molecule has 0 aliphatic heterocycles. The Balaban J connectivity index is 2.49. The molecule has 1 atom stereocenters. The molecule has 0 spiro atoms. The fourth-order valence-corrected chi connectivity index (χ4v) is 1.62. The molecule has 0 radical (unpaired) electrons. The molecule has 18 heavy (non-hydrogen) atoms. The van der Waals surface area contributed by atoms with E-state index in [9.17, 15) is 9.59 Å². The Morgan fingerprint density at radius 3 is 2.44 bits per heavy atom. The van der Waals surface area contributed by atoms with Crippen LogP contribution in [0.15, 0.2) is 24.3 Å². The Hall–Kier alpha value is -1.55. The predicted molar refractivity (Wildman–Crippen MR) is 71.6 cm³/mol. The largest absolute Gasteiger partial charge is 0.331 e. The SMILES string of the molecule is Cc1ccc(C(C)NC(=O)NC(=O)CCCl)cc1. The van der Waals surface area contributed by atoms with E-state index in [0.717, 1.165) is 11.1 Å². The number of aryl methyl sites for hydroxylation is 1. The van der Waals surface area contributed by atoms with Crippen molar-refractivity contribution in [1.29, 1.82) is 0 Å². The van der Waals surface area contributed by atoms with E-state index < -0.39 is 6.03 Å². The van der Waals surface area contributed by atoms with E-state index in [4.69, 9.17) is 11.6 Å². The van der Waals surface area contributed by atoms with Gasteiger partial charge in [0, 0.05) is 12.3 Å². The van der Waals surface area contributed by atoms with Gasteiger partial charge in [-0.25, -0.2) is 4.79 Å². The molecule has 0 aromatic heterocycles. The third-order valence-electron chi connectivity index (χ3n) is 2.50. The standard InChI is InChI=1S/C13H17ClN2O2/c1-9-3-5-11(6-4-9)10(2)15-13(18)16-12(17)7-8-14/h3-6,10H,7-8H2,1-2H3,(H2,15,16,17,18). The lowest BCUT2D eigenvalue weighted by molar-refractivity contribution is -0.119. The molecule has 3 amide bonds. The highest BCUT2D eigenvalue weighted by Gasteiger charge is 2.11. The summed E-state index contributed by atoms with van der Waals surface area (Å²) in [5, 5.41) is 4.91. The first-order valence-electron chi connectivity index (χ1n) is 5.76. The zero-order valence-corrected chi connectivity index (χ0v) is 11.3. The molecular weight excluding hydrogens is 252 g/mol. The van der Waals surface area contributed by atoms with Crippen molar-refractivity contribution in [3.63, 3.8) is 0 Å². The van der Waals surface area contributed by atoms with Gasteiger partial charge in [0.25, 0.3) is 0 Å². The number of carbonyl (C=O) groups is 2. The molecule has 0 aliphatic carbocycles. The molecule has 0 aliphatic rings. The smallest absolute Gasteiger partial charge is 0.321 e. The monoisotopic (exact) mass is 268 g/mol. The Morgan fingerprint density at radius 2 is 1.89 bits per heavy atom. The number of urea groups is 1. The van der Waals surface area contributed by atoms with Crippen molar-refractivity contribution in [1.82, 2.24) is 10.6 Å². The molecule has 0 fully saturated rings. The van der Waals surface area contributed by atoms with Crippen molar-refractivity contribution < 1.29 is 9.59 Å². The molecule has 2 N–H and O–H groups in total. The van der Waals surface area contributed by atoms with E-state index in [1.165, 1.54) is 0 Å². The second kappa shape index (κ2) is 7.01. The van der Waals surface area contributed by atoms with E-state index in [-0.39, 0.29) is 24.2 Å². The molecule has 0 saturated heterocycles. The van der Waals surface area contributed by atoms with E-state index in [1.54, 1.807) is 0 Å². The second-order valence-corrected chi connectivity index (χ2v) is 4.47. The lowest BCUT2D eigenvalue weighted by Crippen LogP contribution is -2.40. The van der Waals surface area contributed by atoms with Gasteiger partial charge in [0.05, 0.1) is 6.04 Å². The highest BCUT2D eigenvalue weighted by atomic mass is 35.5. The predicted octanol–water partition coefficient (Wildman–Crippen LogP) is 2.51. The van der Waals surface area contributed by atoms with Crippen LogP contribution in [0.5, 0.6) is 0 Å². The minimum absolute atomic E-state index is 0.133. The number of halogens is 1. The molecule has 5 heteroatoms. The van der Waals surface area contributed by atoms with Crippen LogP contribution in [0.4, 0.5) is 4.79 Å². The summed E-state index contributed by atoms with van der Waals surface area (Å²) < 4.78 is 0. The zero-order valence-electron chi connectivity index (χ0n) is 10.5. The zero-order chi connectivity index (χ0) is 13.5. The Bertz CT molecular complexity index is 418. The molecule has 0 saturated carbocycles. The summed E-state index contributed by atoms with van der Waals surface area (Å²) in [5.41, 5.74) is 2.15. The lowest BCUT2D eigenvalue weighted by Gasteiger charge is -2.14. The molecule has 0 heterocycles. The summed E-state index contributed by atoms with van der Waals surface area (Å²) in [7, 11) is 0. The van der Waals surface area contributed by atoms with Crippen LogP contribution in [0.25, 0.3) is 0 Å². The van der Waals surface area contributed by atoms with E-state index in [1.807, 2.05) is 38.1 Å². The Labute approximate surface area is 112 Å². The molecule has 98 valence electrons. The third kappa shape index (κ3) is 4.75. The van der Waals surface area contributed by atoms with Crippen molar-refractivity contribution in [2.45, 2.75) is 26.3 Å². The normalized spacial score (nSPS) is 11.7. The first-order valence-corrected chi connectivity index (χ1v) is 6.29. The second-order valence-electron chi connectivity index (χ2n) is 4.09. The molecule has 4 nitrogen and oxygen atoms in total. The number of amides is 3. The van der Waals surface area contributed by atoms with Gasteiger partial charge in [0.1, 0.15) is 0 Å². The number of alkyl halides is 1. The third-order valence-corrected chi connectivity index (χ3v) is 2.69. The van der Waals surface area contributed by atoms with Gasteiger partial charge in [-0.1, -0.05) is 29.8 Å². The van der Waals surface area contributed by atoms with Crippen LogP contribution in [0.2, 0.25) is 0 Å². The highest BCUT2D eigenvalue weighted by molar-refractivity contribution is 6.19. The summed E-state index contributed by atoms with van der Waals surface area (Å²) in [6.07, 6.45) is 0.133. The van der Waals surface area contributed by atoms with Gasteiger partial charge < -0.3 is 5.32 Å².